The number of ether oxygens (including phenoxy) is 2. The number of alkyl carbamates (subject to hydrolysis) is 1. The van der Waals surface area contributed by atoms with Crippen LogP contribution in [0.1, 0.15) is 103 Å². The molecule has 9 rings (SSSR count). The van der Waals surface area contributed by atoms with Crippen LogP contribution in [-0.4, -0.2) is 90.7 Å². The van der Waals surface area contributed by atoms with Crippen LogP contribution in [0.3, 0.4) is 0 Å². The summed E-state index contributed by atoms with van der Waals surface area (Å²) in [5.41, 5.74) is 6.09. The van der Waals surface area contributed by atoms with Gasteiger partial charge in [-0.25, -0.2) is 14.8 Å². The molecule has 0 bridgehead atoms. The molecule has 2 aliphatic carbocycles. The van der Waals surface area contributed by atoms with Gasteiger partial charge >= 0.3 is 6.09 Å². The molecule has 2 aromatic carbocycles. The number of methoxy groups -OCH3 is 2. The number of benzene rings is 2. The Kier molecular flexibility index (Phi) is 10.3. The van der Waals surface area contributed by atoms with Gasteiger partial charge in [0.05, 0.1) is 55.0 Å². The number of H-pyrrole nitrogens is 2. The Balaban J connectivity index is 0.981. The predicted molar refractivity (Wildman–Crippen MR) is 226 cm³/mol. The van der Waals surface area contributed by atoms with Gasteiger partial charge in [-0.05, 0) is 75.3 Å². The van der Waals surface area contributed by atoms with E-state index >= 15 is 0 Å². The van der Waals surface area contributed by atoms with Crippen LogP contribution >= 0.6 is 0 Å². The van der Waals surface area contributed by atoms with Crippen molar-refractivity contribution in [2.24, 2.45) is 30.7 Å². The molecule has 4 aliphatic rings. The van der Waals surface area contributed by atoms with E-state index in [4.69, 9.17) is 19.4 Å². The maximum absolute atomic E-state index is 14.2. The van der Waals surface area contributed by atoms with Gasteiger partial charge in [0.15, 0.2) is 0 Å². The summed E-state index contributed by atoms with van der Waals surface area (Å²) in [4.78, 5) is 61.5. The Bertz CT molecular complexity index is 2400. The summed E-state index contributed by atoms with van der Waals surface area (Å²) in [6.07, 6.45) is 11.3. The van der Waals surface area contributed by atoms with Gasteiger partial charge in [0.2, 0.25) is 11.8 Å². The number of likely N-dealkylation sites (tertiary alicyclic amines) is 2. The van der Waals surface area contributed by atoms with Gasteiger partial charge in [-0.1, -0.05) is 57.9 Å². The molecule has 5 heterocycles. The monoisotopic (exact) mass is 802 g/mol. The average molecular weight is 803 g/mol. The molecule has 0 spiro atoms. The van der Waals surface area contributed by atoms with E-state index in [0.29, 0.717) is 11.8 Å². The first-order chi connectivity index (χ1) is 28.5. The molecule has 0 radical (unpaired) electrons. The first-order valence-electron chi connectivity index (χ1n) is 21.6. The predicted octanol–water partition coefficient (Wildman–Crippen LogP) is 8.05. The van der Waals surface area contributed by atoms with Gasteiger partial charge in [-0.2, -0.15) is 0 Å². The molecule has 3 N–H and O–H groups in total. The number of carbonyl (C=O) groups excluding carboxylic acids is 3. The second-order valence-corrected chi connectivity index (χ2v) is 18.0. The highest BCUT2D eigenvalue weighted by molar-refractivity contribution is 6.09. The van der Waals surface area contributed by atoms with Crippen molar-refractivity contribution in [1.82, 2.24) is 39.6 Å². The van der Waals surface area contributed by atoms with Gasteiger partial charge < -0.3 is 39.1 Å². The Morgan fingerprint density at radius 3 is 1.73 bits per heavy atom. The van der Waals surface area contributed by atoms with E-state index in [0.717, 1.165) is 101 Å². The molecule has 312 valence electrons. The third kappa shape index (κ3) is 6.69. The van der Waals surface area contributed by atoms with E-state index in [9.17, 15) is 14.4 Å². The molecule has 4 fully saturated rings. The third-order valence-corrected chi connectivity index (χ3v) is 14.5. The highest BCUT2D eigenvalue weighted by atomic mass is 16.5. The molecule has 59 heavy (non-hydrogen) atoms. The Morgan fingerprint density at radius 2 is 1.25 bits per heavy atom. The third-order valence-electron chi connectivity index (χ3n) is 14.5. The maximum atomic E-state index is 14.2. The number of imidazole rings is 2. The van der Waals surface area contributed by atoms with E-state index in [1.807, 2.05) is 45.0 Å². The minimum atomic E-state index is -0.685. The minimum Gasteiger partial charge on any atom is -0.453 e. The SMILES string of the molecule is COC(=O)N[C@H](C(=O)N1[C@H](c2ncc(-c3ccc4c5ccc(-c6cnc([C@@H]7C[C@H]8CCC[C@H]8N7C(=O)[C@@H](C)[C@@H](C)OC)[nH]6)cc5n(C)c4c3)[nH]2)C[C@@H]2CCC[C@@H]21)C(C)C. The molecular formula is C46H58N8O5. The molecule has 0 unspecified atom stereocenters. The zero-order valence-electron chi connectivity index (χ0n) is 35.3. The molecule has 9 atom stereocenters. The van der Waals surface area contributed by atoms with E-state index in [-0.39, 0.29) is 53.9 Å². The number of hydrogen-bond donors (Lipinski definition) is 3. The summed E-state index contributed by atoms with van der Waals surface area (Å²) in [6, 6.07) is 12.5. The quantitative estimate of drug-likeness (QED) is 0.129. The Morgan fingerprint density at radius 1 is 0.746 bits per heavy atom. The van der Waals surface area contributed by atoms with Crippen LogP contribution in [-0.2, 0) is 26.1 Å². The van der Waals surface area contributed by atoms with Crippen LogP contribution in [0.4, 0.5) is 4.79 Å². The molecule has 5 aromatic rings. The lowest BCUT2D eigenvalue weighted by atomic mass is 10.0. The van der Waals surface area contributed by atoms with Gasteiger partial charge in [-0.15, -0.1) is 0 Å². The fourth-order valence-electron chi connectivity index (χ4n) is 11.0. The Labute approximate surface area is 345 Å². The molecule has 3 amide bonds. The lowest BCUT2D eigenvalue weighted by molar-refractivity contribution is -0.142. The Hall–Kier alpha value is -5.17. The number of fused-ring (bicyclic) bond motifs is 5. The van der Waals surface area contributed by atoms with Crippen molar-refractivity contribution in [3.05, 3.63) is 60.4 Å². The molecule has 2 saturated heterocycles. The fraction of sp³-hybridized carbons (Fsp3) is 0.543. The molecule has 13 nitrogen and oxygen atoms in total. The van der Waals surface area contributed by atoms with Crippen LogP contribution in [0, 0.1) is 23.7 Å². The van der Waals surface area contributed by atoms with E-state index in [1.165, 1.54) is 13.5 Å². The first-order valence-corrected chi connectivity index (χ1v) is 21.6. The van der Waals surface area contributed by atoms with Crippen LogP contribution < -0.4 is 5.32 Å². The summed E-state index contributed by atoms with van der Waals surface area (Å²) in [6.45, 7) is 7.84. The largest absolute Gasteiger partial charge is 0.453 e. The lowest BCUT2D eigenvalue weighted by Gasteiger charge is -2.33. The van der Waals surface area contributed by atoms with Crippen molar-refractivity contribution in [1.29, 1.82) is 0 Å². The highest BCUT2D eigenvalue weighted by Crippen LogP contribution is 2.49. The van der Waals surface area contributed by atoms with Crippen LogP contribution in [0.25, 0.3) is 44.3 Å². The number of hydrogen-bond acceptors (Lipinski definition) is 7. The van der Waals surface area contributed by atoms with Crippen molar-refractivity contribution < 1.29 is 23.9 Å². The zero-order chi connectivity index (χ0) is 41.3. The van der Waals surface area contributed by atoms with Crippen molar-refractivity contribution >= 4 is 39.7 Å². The number of rotatable bonds is 10. The maximum Gasteiger partial charge on any atom is 0.407 e. The van der Waals surface area contributed by atoms with Crippen LogP contribution in [0.15, 0.2) is 48.8 Å². The van der Waals surface area contributed by atoms with Crippen molar-refractivity contribution in [3.63, 3.8) is 0 Å². The number of amides is 3. The number of aromatic nitrogens is 5. The first kappa shape index (κ1) is 39.3. The second kappa shape index (κ2) is 15.5. The van der Waals surface area contributed by atoms with E-state index < -0.39 is 12.1 Å². The van der Waals surface area contributed by atoms with Crippen molar-refractivity contribution in [2.75, 3.05) is 14.2 Å². The smallest absolute Gasteiger partial charge is 0.407 e. The van der Waals surface area contributed by atoms with Crippen LogP contribution in [0.5, 0.6) is 0 Å². The normalized spacial score (nSPS) is 25.5. The minimum absolute atomic E-state index is 0.0711. The molecule has 3 aromatic heterocycles. The molecule has 13 heteroatoms. The van der Waals surface area contributed by atoms with E-state index in [1.54, 1.807) is 7.11 Å². The molecular weight excluding hydrogens is 745 g/mol. The van der Waals surface area contributed by atoms with Crippen molar-refractivity contribution in [3.8, 4) is 22.5 Å². The number of aromatic amines is 2. The van der Waals surface area contributed by atoms with Gasteiger partial charge in [0.25, 0.3) is 0 Å². The number of aryl methyl sites for hydroxylation is 1. The summed E-state index contributed by atoms with van der Waals surface area (Å²) < 4.78 is 12.7. The van der Waals surface area contributed by atoms with Gasteiger partial charge in [0, 0.05) is 59.2 Å². The zero-order valence-corrected chi connectivity index (χ0v) is 35.3. The standard InChI is InChI=1S/C46H58N8O5/c1-24(2)41(51-46(57)59-7)45(56)54-36-13-9-11-30(36)21-40(54)43-48-23-34(50-43)28-15-17-32-31-16-14-27(18-37(31)52(5)38(32)19-28)33-22-47-42(49-33)39-20-29-10-8-12-35(29)53(39)44(55)25(3)26(4)58-6/h14-19,22-26,29-30,35-36,39-41H,8-13,20-21H2,1-7H3,(H,47,49)(H,48,50)(H,51,57)/t25-,26+,29+,30-,35+,36-,39-,40-,41-/m0/s1. The van der Waals surface area contributed by atoms with Crippen LogP contribution in [0.2, 0.25) is 0 Å². The summed E-state index contributed by atoms with van der Waals surface area (Å²) in [5.74, 6) is 2.29. The topological polar surface area (TPSA) is 150 Å². The van der Waals surface area contributed by atoms with Gasteiger partial charge in [-0.3, -0.25) is 9.59 Å². The molecule has 2 saturated carbocycles. The molecule has 2 aliphatic heterocycles. The number of carbonyl (C=O) groups is 3. The second-order valence-electron chi connectivity index (χ2n) is 18.0. The van der Waals surface area contributed by atoms with Crippen molar-refractivity contribution in [2.45, 2.75) is 115 Å². The lowest BCUT2D eigenvalue weighted by Crippen LogP contribution is -2.53. The highest BCUT2D eigenvalue weighted by Gasteiger charge is 2.50. The fourth-order valence-corrected chi connectivity index (χ4v) is 11.0. The van der Waals surface area contributed by atoms with Gasteiger partial charge in [0.1, 0.15) is 17.7 Å². The average Bonchev–Trinajstić information content (AvgIpc) is 4.10. The summed E-state index contributed by atoms with van der Waals surface area (Å²) >= 11 is 0. The van der Waals surface area contributed by atoms with E-state index in [2.05, 4.69) is 68.2 Å². The summed E-state index contributed by atoms with van der Waals surface area (Å²) in [5, 5.41) is 5.12. The number of nitrogens with one attached hydrogen (secondary N) is 3. The number of nitrogens with zero attached hydrogens (tertiary/aromatic N) is 5. The summed E-state index contributed by atoms with van der Waals surface area (Å²) in [7, 11) is 5.10.